The first kappa shape index (κ1) is 24.1. The van der Waals surface area contributed by atoms with E-state index in [-0.39, 0.29) is 18.6 Å². The predicted molar refractivity (Wildman–Crippen MR) is 149 cm³/mol. The SMILES string of the molecule is OCCOc1cc2ccc(C34CC5CC(CC(C5)C3)C4)cc2c(OCCO)c1C12CC3CC(CC(C3)C1)C2. The fraction of sp³-hybridized carbons (Fsp3) is 0.706. The number of fused-ring (bicyclic) bond motifs is 1. The summed E-state index contributed by atoms with van der Waals surface area (Å²) < 4.78 is 12.9. The van der Waals surface area contributed by atoms with Gasteiger partial charge in [-0.2, -0.15) is 0 Å². The Kier molecular flexibility index (Phi) is 5.61. The van der Waals surface area contributed by atoms with Gasteiger partial charge in [-0.3, -0.25) is 0 Å². The Bertz CT molecular complexity index is 1160. The number of benzene rings is 2. The van der Waals surface area contributed by atoms with Crippen LogP contribution in [0.3, 0.4) is 0 Å². The van der Waals surface area contributed by atoms with E-state index in [1.54, 1.807) is 0 Å². The Morgan fingerprint density at radius 2 is 1.13 bits per heavy atom. The molecular weight excluding hydrogens is 472 g/mol. The summed E-state index contributed by atoms with van der Waals surface area (Å²) in [6, 6.07) is 9.46. The van der Waals surface area contributed by atoms with E-state index in [1.807, 2.05) is 0 Å². The van der Waals surface area contributed by atoms with E-state index in [9.17, 15) is 10.2 Å². The lowest BCUT2D eigenvalue weighted by atomic mass is 9.47. The second kappa shape index (κ2) is 8.86. The van der Waals surface area contributed by atoms with Crippen molar-refractivity contribution in [2.75, 3.05) is 26.4 Å². The molecule has 0 heterocycles. The Balaban J connectivity index is 1.30. The second-order valence-corrected chi connectivity index (χ2v) is 14.6. The van der Waals surface area contributed by atoms with Crippen molar-refractivity contribution < 1.29 is 19.7 Å². The average molecular weight is 517 g/mol. The van der Waals surface area contributed by atoms with Crippen molar-refractivity contribution in [3.8, 4) is 11.5 Å². The van der Waals surface area contributed by atoms with Crippen LogP contribution in [-0.4, -0.2) is 36.6 Å². The van der Waals surface area contributed by atoms with Gasteiger partial charge < -0.3 is 19.7 Å². The minimum Gasteiger partial charge on any atom is -0.491 e. The summed E-state index contributed by atoms with van der Waals surface area (Å²) in [5.41, 5.74) is 3.21. The van der Waals surface area contributed by atoms with Gasteiger partial charge >= 0.3 is 0 Å². The highest BCUT2D eigenvalue weighted by Gasteiger charge is 2.54. The van der Waals surface area contributed by atoms with Crippen molar-refractivity contribution in [1.29, 1.82) is 0 Å². The van der Waals surface area contributed by atoms with Gasteiger partial charge in [-0.15, -0.1) is 0 Å². The normalized spacial score (nSPS) is 40.3. The highest BCUT2D eigenvalue weighted by Crippen LogP contribution is 2.65. The van der Waals surface area contributed by atoms with Crippen LogP contribution in [0.25, 0.3) is 10.8 Å². The van der Waals surface area contributed by atoms with E-state index in [0.717, 1.165) is 52.4 Å². The topological polar surface area (TPSA) is 58.9 Å². The Hall–Kier alpha value is -1.78. The largest absolute Gasteiger partial charge is 0.491 e. The lowest BCUT2D eigenvalue weighted by Crippen LogP contribution is -2.49. The number of hydrogen-bond acceptors (Lipinski definition) is 4. The number of hydrogen-bond donors (Lipinski definition) is 2. The molecule has 2 aromatic carbocycles. The lowest BCUT2D eigenvalue weighted by Gasteiger charge is -2.57. The maximum Gasteiger partial charge on any atom is 0.134 e. The molecule has 0 saturated heterocycles. The molecule has 4 heteroatoms. The standard InChI is InChI=1S/C34H44O4/c35-3-5-37-30-13-27-1-2-28(33-15-21-7-22(16-33)9-23(8-21)17-33)14-29(27)32(38-6-4-36)31(30)34-18-24-10-25(19-34)12-26(11-24)20-34/h1-2,13-14,21-26,35-36H,3-12,15-20H2. The van der Waals surface area contributed by atoms with E-state index in [4.69, 9.17) is 9.47 Å². The summed E-state index contributed by atoms with van der Waals surface area (Å²) in [5.74, 6) is 7.06. The third kappa shape index (κ3) is 3.69. The zero-order valence-corrected chi connectivity index (χ0v) is 22.8. The van der Waals surface area contributed by atoms with Crippen molar-refractivity contribution in [3.05, 3.63) is 35.4 Å². The summed E-state index contributed by atoms with van der Waals surface area (Å²) in [4.78, 5) is 0. The first-order valence-corrected chi connectivity index (χ1v) is 15.7. The summed E-state index contributed by atoms with van der Waals surface area (Å²) in [5, 5.41) is 21.9. The van der Waals surface area contributed by atoms with Gasteiger partial charge in [-0.1, -0.05) is 12.1 Å². The van der Waals surface area contributed by atoms with Gasteiger partial charge in [-0.05, 0) is 141 Å². The summed E-state index contributed by atoms with van der Waals surface area (Å²) in [6.45, 7) is 0.628. The van der Waals surface area contributed by atoms with Crippen molar-refractivity contribution in [1.82, 2.24) is 0 Å². The van der Waals surface area contributed by atoms with Crippen molar-refractivity contribution in [2.24, 2.45) is 35.5 Å². The van der Waals surface area contributed by atoms with Gasteiger partial charge in [0.1, 0.15) is 24.7 Å². The molecular formula is C34H44O4. The molecule has 38 heavy (non-hydrogen) atoms. The maximum absolute atomic E-state index is 9.85. The first-order valence-electron chi connectivity index (χ1n) is 15.7. The molecule has 8 saturated carbocycles. The summed E-state index contributed by atoms with van der Waals surface area (Å²) in [7, 11) is 0. The molecule has 2 N–H and O–H groups in total. The van der Waals surface area contributed by atoms with Crippen molar-refractivity contribution >= 4 is 10.8 Å². The first-order chi connectivity index (χ1) is 18.6. The highest BCUT2D eigenvalue weighted by molar-refractivity contribution is 5.93. The fourth-order valence-electron chi connectivity index (χ4n) is 11.6. The maximum atomic E-state index is 9.85. The molecule has 0 aromatic heterocycles. The van der Waals surface area contributed by atoms with E-state index in [2.05, 4.69) is 24.3 Å². The average Bonchev–Trinajstić information content (AvgIpc) is 2.88. The molecule has 2 aromatic rings. The minimum absolute atomic E-state index is 0.0101. The number of aliphatic hydroxyl groups excluding tert-OH is 2. The van der Waals surface area contributed by atoms with Crippen LogP contribution in [0.4, 0.5) is 0 Å². The third-order valence-corrected chi connectivity index (χ3v) is 12.0. The molecule has 8 bridgehead atoms. The van der Waals surface area contributed by atoms with Crippen LogP contribution in [0.1, 0.15) is 88.2 Å². The van der Waals surface area contributed by atoms with E-state index in [1.165, 1.54) is 93.6 Å². The van der Waals surface area contributed by atoms with Crippen LogP contribution in [0.5, 0.6) is 11.5 Å². The minimum atomic E-state index is 0.0101. The van der Waals surface area contributed by atoms with Crippen molar-refractivity contribution in [3.63, 3.8) is 0 Å². The van der Waals surface area contributed by atoms with Gasteiger partial charge in [0, 0.05) is 16.4 Å². The highest BCUT2D eigenvalue weighted by atomic mass is 16.5. The van der Waals surface area contributed by atoms with Gasteiger partial charge in [0.25, 0.3) is 0 Å². The summed E-state index contributed by atoms with van der Waals surface area (Å²) in [6.07, 6.45) is 16.3. The molecule has 0 spiro atoms. The molecule has 10 rings (SSSR count). The monoisotopic (exact) mass is 516 g/mol. The van der Waals surface area contributed by atoms with E-state index < -0.39 is 0 Å². The van der Waals surface area contributed by atoms with Crippen LogP contribution in [0.15, 0.2) is 24.3 Å². The van der Waals surface area contributed by atoms with Gasteiger partial charge in [-0.25, -0.2) is 0 Å². The molecule has 8 fully saturated rings. The third-order valence-electron chi connectivity index (χ3n) is 12.0. The lowest BCUT2D eigenvalue weighted by molar-refractivity contribution is -0.00782. The molecule has 8 aliphatic rings. The zero-order valence-electron chi connectivity index (χ0n) is 22.8. The smallest absolute Gasteiger partial charge is 0.134 e. The molecule has 4 nitrogen and oxygen atoms in total. The van der Waals surface area contributed by atoms with Crippen LogP contribution in [0, 0.1) is 35.5 Å². The number of rotatable bonds is 8. The van der Waals surface area contributed by atoms with Crippen LogP contribution >= 0.6 is 0 Å². The fourth-order valence-corrected chi connectivity index (χ4v) is 11.6. The van der Waals surface area contributed by atoms with Gasteiger partial charge in [0.05, 0.1) is 13.2 Å². The van der Waals surface area contributed by atoms with E-state index in [0.29, 0.717) is 18.6 Å². The Morgan fingerprint density at radius 3 is 1.66 bits per heavy atom. The van der Waals surface area contributed by atoms with Gasteiger partial charge in [0.15, 0.2) is 0 Å². The summed E-state index contributed by atoms with van der Waals surface area (Å²) >= 11 is 0. The quantitative estimate of drug-likeness (QED) is 0.420. The predicted octanol–water partition coefficient (Wildman–Crippen LogP) is 6.52. The number of aliphatic hydroxyl groups is 2. The molecule has 8 aliphatic carbocycles. The van der Waals surface area contributed by atoms with Crippen molar-refractivity contribution in [2.45, 2.75) is 87.9 Å². The molecule has 0 amide bonds. The van der Waals surface area contributed by atoms with Crippen LogP contribution in [0.2, 0.25) is 0 Å². The molecule has 204 valence electrons. The zero-order chi connectivity index (χ0) is 25.5. The number of ether oxygens (including phenoxy) is 2. The molecule has 0 aliphatic heterocycles. The van der Waals surface area contributed by atoms with Gasteiger partial charge in [0.2, 0.25) is 0 Å². The molecule has 0 atom stereocenters. The molecule has 0 radical (unpaired) electrons. The molecule has 0 unspecified atom stereocenters. The Labute approximate surface area is 227 Å². The van der Waals surface area contributed by atoms with Crippen LogP contribution < -0.4 is 9.47 Å². The Morgan fingerprint density at radius 1 is 0.632 bits per heavy atom. The van der Waals surface area contributed by atoms with Crippen LogP contribution in [-0.2, 0) is 10.8 Å². The van der Waals surface area contributed by atoms with E-state index >= 15 is 0 Å². The second-order valence-electron chi connectivity index (χ2n) is 14.6.